The van der Waals surface area contributed by atoms with Gasteiger partial charge in [0.15, 0.2) is 5.78 Å². The largest absolute Gasteiger partial charge is 0.392 e. The van der Waals surface area contributed by atoms with Crippen LogP contribution in [0.1, 0.15) is 111 Å². The van der Waals surface area contributed by atoms with E-state index in [0.29, 0.717) is 42.9 Å². The molecule has 9 aliphatic rings. The minimum atomic E-state index is -1.12. The van der Waals surface area contributed by atoms with Gasteiger partial charge in [-0.25, -0.2) is 4.98 Å². The number of hydrogen-bond acceptors (Lipinski definition) is 6. The minimum Gasteiger partial charge on any atom is -0.392 e. The summed E-state index contributed by atoms with van der Waals surface area (Å²) in [6.45, 7) is 10.2. The van der Waals surface area contributed by atoms with E-state index in [1.54, 1.807) is 28.4 Å². The third kappa shape index (κ3) is 4.72. The first-order valence-electron chi connectivity index (χ1n) is 21.4. The maximum absolute atomic E-state index is 13.9. The maximum Gasteiger partial charge on any atom is 0.159 e. The lowest BCUT2D eigenvalue weighted by Crippen LogP contribution is -2.61. The van der Waals surface area contributed by atoms with Gasteiger partial charge in [-0.2, -0.15) is 0 Å². The molecule has 0 aliphatic heterocycles. The van der Waals surface area contributed by atoms with Gasteiger partial charge in [0.2, 0.25) is 0 Å². The summed E-state index contributed by atoms with van der Waals surface area (Å²) in [5.74, 6) is 2.00. The van der Waals surface area contributed by atoms with Crippen molar-refractivity contribution in [2.75, 3.05) is 0 Å². The van der Waals surface area contributed by atoms with Crippen LogP contribution < -0.4 is 0 Å². The first-order chi connectivity index (χ1) is 25.3. The number of ketones is 1. The fraction of sp³-hybridized carbons (Fsp3) is 0.739. The average Bonchev–Trinajstić information content (AvgIpc) is 3.75. The Hall–Kier alpha value is -2.32. The number of carbonyl (C=O) groups is 1. The summed E-state index contributed by atoms with van der Waals surface area (Å²) in [5.41, 5.74) is 5.25. The molecule has 7 heteroatoms. The van der Waals surface area contributed by atoms with Gasteiger partial charge in [-0.3, -0.25) is 4.79 Å². The van der Waals surface area contributed by atoms with E-state index in [-0.39, 0.29) is 40.8 Å². The molecule has 1 aromatic rings. The Bertz CT molecular complexity index is 1820. The Morgan fingerprint density at radius 2 is 1.77 bits per heavy atom. The summed E-state index contributed by atoms with van der Waals surface area (Å²) in [4.78, 5) is 18.2. The zero-order valence-electron chi connectivity index (χ0n) is 32.4. The smallest absolute Gasteiger partial charge is 0.159 e. The molecule has 286 valence electrons. The Morgan fingerprint density at radius 3 is 2.57 bits per heavy atom. The summed E-state index contributed by atoms with van der Waals surface area (Å²) in [6, 6.07) is 0. The van der Waals surface area contributed by atoms with Gasteiger partial charge in [-0.05, 0) is 141 Å². The molecule has 0 amide bonds. The lowest BCUT2D eigenvalue weighted by atomic mass is 9.44. The summed E-state index contributed by atoms with van der Waals surface area (Å²) < 4.78 is 2.20. The van der Waals surface area contributed by atoms with Crippen molar-refractivity contribution in [2.45, 2.75) is 142 Å². The van der Waals surface area contributed by atoms with Crippen LogP contribution in [0, 0.1) is 69.5 Å². The lowest BCUT2D eigenvalue weighted by Gasteiger charge is -2.61. The van der Waals surface area contributed by atoms with E-state index in [2.05, 4.69) is 55.6 Å². The Kier molecular flexibility index (Phi) is 7.85. The average molecular weight is 723 g/mol. The highest BCUT2D eigenvalue weighted by Crippen LogP contribution is 2.71. The number of aliphatic hydroxyl groups excluding tert-OH is 3. The van der Waals surface area contributed by atoms with Crippen LogP contribution in [0.5, 0.6) is 0 Å². The van der Waals surface area contributed by atoms with Crippen molar-refractivity contribution in [3.63, 3.8) is 0 Å². The first kappa shape index (κ1) is 35.1. The third-order valence-corrected chi connectivity index (χ3v) is 18.0. The number of nitrogens with zero attached hydrogens (tertiary/aromatic N) is 2. The van der Waals surface area contributed by atoms with Gasteiger partial charge < -0.3 is 25.0 Å². The summed E-state index contributed by atoms with van der Waals surface area (Å²) in [5, 5.41) is 47.8. The van der Waals surface area contributed by atoms with Gasteiger partial charge in [0, 0.05) is 42.1 Å². The molecule has 4 N–H and O–H groups in total. The van der Waals surface area contributed by atoms with Gasteiger partial charge in [0.25, 0.3) is 0 Å². The number of rotatable bonds is 5. The molecular formula is C46H62N2O5. The predicted octanol–water partition coefficient (Wildman–Crippen LogP) is 7.12. The van der Waals surface area contributed by atoms with Gasteiger partial charge in [-0.15, -0.1) is 0 Å². The second-order valence-corrected chi connectivity index (χ2v) is 20.6. The number of hydrogen-bond donors (Lipinski definition) is 4. The van der Waals surface area contributed by atoms with Crippen molar-refractivity contribution in [1.82, 2.24) is 9.55 Å². The number of carbonyl (C=O) groups excluding carboxylic acids is 1. The Labute approximate surface area is 315 Å². The number of aryl methyl sites for hydroxylation is 1. The van der Waals surface area contributed by atoms with Crippen LogP contribution in [0.25, 0.3) is 0 Å². The van der Waals surface area contributed by atoms with Crippen molar-refractivity contribution in [3.8, 4) is 0 Å². The van der Waals surface area contributed by atoms with Gasteiger partial charge >= 0.3 is 0 Å². The third-order valence-electron chi connectivity index (χ3n) is 18.0. The fourth-order valence-electron chi connectivity index (χ4n) is 15.5. The highest BCUT2D eigenvalue weighted by atomic mass is 16.3. The normalized spacial score (nSPS) is 48.5. The van der Waals surface area contributed by atoms with Gasteiger partial charge in [-0.1, -0.05) is 62.1 Å². The molecule has 7 nitrogen and oxygen atoms in total. The van der Waals surface area contributed by atoms with Crippen LogP contribution in [0.15, 0.2) is 64.8 Å². The molecule has 9 aliphatic carbocycles. The quantitative estimate of drug-likeness (QED) is 0.241. The van der Waals surface area contributed by atoms with E-state index in [9.17, 15) is 25.2 Å². The second-order valence-electron chi connectivity index (χ2n) is 20.6. The summed E-state index contributed by atoms with van der Waals surface area (Å²) in [7, 11) is 0. The summed E-state index contributed by atoms with van der Waals surface area (Å²) >= 11 is 0. The monoisotopic (exact) mass is 722 g/mol. The molecule has 0 radical (unpaired) electrons. The number of fused-ring (bicyclic) bond motifs is 5. The van der Waals surface area contributed by atoms with Crippen molar-refractivity contribution in [1.29, 1.82) is 0 Å². The van der Waals surface area contributed by atoms with E-state index in [1.807, 2.05) is 12.5 Å². The number of allylic oxidation sites excluding steroid dienone is 5. The van der Waals surface area contributed by atoms with Crippen LogP contribution in [0.4, 0.5) is 0 Å². The standard InChI is InChI=1S/C46H62N2O5/c1-43(2,16-18-48-19-17-47-24-48)41-28-7-5-6-25-8-9-26-10-11-27-20-29(42(52)40(41)39(27)38(26)37(25)28)30-13-15-46(53)32-21-34(49)33-22-35(50)36(51)23-44(33,3)31(32)12-14-45(30,46)4/h8-9,17,19,21,24-27,29-31,33,35-37,40,42,50-53H,5-7,10-16,18,20,22-23H2,1-4H3. The second kappa shape index (κ2) is 11.8. The van der Waals surface area contributed by atoms with Crippen LogP contribution >= 0.6 is 0 Å². The van der Waals surface area contributed by atoms with Crippen LogP contribution in [0.3, 0.4) is 0 Å². The van der Waals surface area contributed by atoms with Crippen molar-refractivity contribution >= 4 is 5.78 Å². The first-order valence-corrected chi connectivity index (χ1v) is 21.4. The van der Waals surface area contributed by atoms with E-state index in [1.165, 1.54) is 25.7 Å². The van der Waals surface area contributed by atoms with E-state index < -0.39 is 34.7 Å². The molecule has 0 bridgehead atoms. The van der Waals surface area contributed by atoms with E-state index >= 15 is 0 Å². The molecule has 0 saturated heterocycles. The number of imidazole rings is 1. The van der Waals surface area contributed by atoms with Gasteiger partial charge in [0.05, 0.1) is 30.2 Å². The number of aromatic nitrogens is 2. The minimum absolute atomic E-state index is 0.00795. The molecule has 15 unspecified atom stereocenters. The molecule has 1 heterocycles. The fourth-order valence-corrected chi connectivity index (χ4v) is 15.5. The Balaban J connectivity index is 1.04. The highest BCUT2D eigenvalue weighted by molar-refractivity contribution is 5.95. The van der Waals surface area contributed by atoms with Crippen LogP contribution in [0.2, 0.25) is 0 Å². The Morgan fingerprint density at radius 1 is 0.943 bits per heavy atom. The molecular weight excluding hydrogens is 661 g/mol. The van der Waals surface area contributed by atoms with Crippen LogP contribution in [-0.4, -0.2) is 59.7 Å². The highest BCUT2D eigenvalue weighted by Gasteiger charge is 2.69. The molecule has 5 fully saturated rings. The SMILES string of the molecule is CC(C)(CCn1ccnc1)C1=C2CCCC3C=CC4CCC5CC(C6CCC7(O)C8=CC(=O)C9CC(O)C(O)CC9(C)C8CCC67C)C(O)C1C5=C4C23. The van der Waals surface area contributed by atoms with E-state index in [4.69, 9.17) is 0 Å². The molecule has 0 aromatic carbocycles. The maximum atomic E-state index is 13.9. The predicted molar refractivity (Wildman–Crippen MR) is 203 cm³/mol. The van der Waals surface area contributed by atoms with E-state index in [0.717, 1.165) is 50.6 Å². The zero-order chi connectivity index (χ0) is 36.8. The topological polar surface area (TPSA) is 116 Å². The lowest BCUT2D eigenvalue weighted by molar-refractivity contribution is -0.156. The summed E-state index contributed by atoms with van der Waals surface area (Å²) in [6.07, 6.45) is 22.3. The molecule has 15 atom stereocenters. The number of aliphatic hydroxyl groups is 4. The van der Waals surface area contributed by atoms with Crippen LogP contribution in [-0.2, 0) is 11.3 Å². The van der Waals surface area contributed by atoms with Crippen molar-refractivity contribution in [3.05, 3.63) is 64.8 Å². The molecule has 0 spiro atoms. The van der Waals surface area contributed by atoms with Gasteiger partial charge in [0.1, 0.15) is 0 Å². The van der Waals surface area contributed by atoms with Crippen molar-refractivity contribution in [2.24, 2.45) is 69.5 Å². The zero-order valence-corrected chi connectivity index (χ0v) is 32.4. The molecule has 1 aromatic heterocycles. The molecule has 10 rings (SSSR count). The molecule has 5 saturated carbocycles. The van der Waals surface area contributed by atoms with Crippen molar-refractivity contribution < 1.29 is 25.2 Å². The molecule has 53 heavy (non-hydrogen) atoms.